The van der Waals surface area contributed by atoms with E-state index in [0.717, 1.165) is 18.6 Å². The highest BCUT2D eigenvalue weighted by atomic mass is 16.5. The van der Waals surface area contributed by atoms with E-state index in [4.69, 9.17) is 4.74 Å². The molecule has 1 amide bonds. The molecule has 0 spiro atoms. The summed E-state index contributed by atoms with van der Waals surface area (Å²) in [6.45, 7) is 0. The lowest BCUT2D eigenvalue weighted by atomic mass is 9.78. The summed E-state index contributed by atoms with van der Waals surface area (Å²) in [5.41, 5.74) is 0.619. The molecule has 0 heterocycles. The number of nitrogens with one attached hydrogen (secondary N) is 1. The Morgan fingerprint density at radius 1 is 0.880 bits per heavy atom. The molecule has 0 bridgehead atoms. The van der Waals surface area contributed by atoms with Crippen molar-refractivity contribution in [3.63, 3.8) is 0 Å². The Kier molecular flexibility index (Phi) is 5.33. The zero-order valence-corrected chi connectivity index (χ0v) is 13.8. The average molecular weight is 338 g/mol. The number of aliphatic carboxylic acids is 1. The van der Waals surface area contributed by atoms with Crippen molar-refractivity contribution in [2.24, 2.45) is 11.8 Å². The number of hydrogen-bond donors (Lipinski definition) is 1. The normalized spacial score (nSPS) is 19.8. The molecule has 130 valence electrons. The molecule has 0 saturated heterocycles. The Labute approximate surface area is 146 Å². The number of rotatable bonds is 5. The molecule has 3 rings (SSSR count). The Bertz CT molecular complexity index is 727. The molecule has 5 heteroatoms. The lowest BCUT2D eigenvalue weighted by Crippen LogP contribution is -2.42. The summed E-state index contributed by atoms with van der Waals surface area (Å²) >= 11 is 0. The van der Waals surface area contributed by atoms with Gasteiger partial charge in [0.1, 0.15) is 11.5 Å². The standard InChI is InChI=1S/C20H21NO4/c22-19(17-8-4-5-9-18(17)20(23)24)21-14-10-12-16(13-11-14)25-15-6-2-1-3-7-15/h1-3,6-7,10-13,17-18H,4-5,8-9H2,(H,21,22)(H,23,24)/p-1. The number of carbonyl (C=O) groups excluding carboxylic acids is 2. The van der Waals surface area contributed by atoms with Gasteiger partial charge >= 0.3 is 0 Å². The van der Waals surface area contributed by atoms with Crippen LogP contribution < -0.4 is 15.2 Å². The number of carboxylic acid groups (broad SMARTS) is 1. The molecule has 2 aromatic carbocycles. The maximum absolute atomic E-state index is 12.4. The average Bonchev–Trinajstić information content (AvgIpc) is 2.64. The van der Waals surface area contributed by atoms with E-state index in [-0.39, 0.29) is 5.91 Å². The van der Waals surface area contributed by atoms with Gasteiger partial charge in [-0.2, -0.15) is 0 Å². The number of ether oxygens (including phenoxy) is 1. The highest BCUT2D eigenvalue weighted by molar-refractivity contribution is 5.95. The molecule has 5 nitrogen and oxygen atoms in total. The van der Waals surface area contributed by atoms with Crippen molar-refractivity contribution in [1.82, 2.24) is 0 Å². The van der Waals surface area contributed by atoms with Gasteiger partial charge in [-0.15, -0.1) is 0 Å². The largest absolute Gasteiger partial charge is 0.550 e. The maximum Gasteiger partial charge on any atom is 0.228 e. The van der Waals surface area contributed by atoms with Crippen LogP contribution in [0.2, 0.25) is 0 Å². The number of anilines is 1. The quantitative estimate of drug-likeness (QED) is 0.909. The number of para-hydroxylation sites is 1. The molecular weight excluding hydrogens is 318 g/mol. The van der Waals surface area contributed by atoms with E-state index in [1.54, 1.807) is 24.3 Å². The van der Waals surface area contributed by atoms with Gasteiger partial charge in [0.15, 0.2) is 0 Å². The molecule has 2 atom stereocenters. The van der Waals surface area contributed by atoms with Crippen LogP contribution in [0.5, 0.6) is 11.5 Å². The first kappa shape index (κ1) is 17.0. The topological polar surface area (TPSA) is 78.5 Å². The van der Waals surface area contributed by atoms with Crippen molar-refractivity contribution in [3.8, 4) is 11.5 Å². The highest BCUT2D eigenvalue weighted by Gasteiger charge is 2.31. The first-order valence-corrected chi connectivity index (χ1v) is 8.48. The van der Waals surface area contributed by atoms with Crippen LogP contribution >= 0.6 is 0 Å². The number of benzene rings is 2. The lowest BCUT2D eigenvalue weighted by Gasteiger charge is -2.31. The Balaban J connectivity index is 1.62. The molecule has 1 fully saturated rings. The van der Waals surface area contributed by atoms with E-state index in [0.29, 0.717) is 24.3 Å². The zero-order valence-electron chi connectivity index (χ0n) is 13.8. The predicted octanol–water partition coefficient (Wildman–Crippen LogP) is 2.97. The van der Waals surface area contributed by atoms with Crippen LogP contribution in [0, 0.1) is 11.8 Å². The number of carboxylic acids is 1. The summed E-state index contributed by atoms with van der Waals surface area (Å²) in [4.78, 5) is 23.7. The van der Waals surface area contributed by atoms with Gasteiger partial charge in [0.25, 0.3) is 0 Å². The SMILES string of the molecule is O=C([O-])C1CCCCC1C(=O)Nc1ccc(Oc2ccccc2)cc1. The van der Waals surface area contributed by atoms with Crippen LogP contribution in [0.25, 0.3) is 0 Å². The van der Waals surface area contributed by atoms with Crippen molar-refractivity contribution in [3.05, 3.63) is 54.6 Å². The molecule has 1 N–H and O–H groups in total. The van der Waals surface area contributed by atoms with Gasteiger partial charge < -0.3 is 20.0 Å². The minimum absolute atomic E-state index is 0.259. The molecule has 2 unspecified atom stereocenters. The van der Waals surface area contributed by atoms with Crippen molar-refractivity contribution < 1.29 is 19.4 Å². The van der Waals surface area contributed by atoms with Crippen LogP contribution in [0.15, 0.2) is 54.6 Å². The van der Waals surface area contributed by atoms with Crippen LogP contribution in [0.1, 0.15) is 25.7 Å². The van der Waals surface area contributed by atoms with Gasteiger partial charge in [0, 0.05) is 23.5 Å². The van der Waals surface area contributed by atoms with E-state index in [1.807, 2.05) is 30.3 Å². The summed E-state index contributed by atoms with van der Waals surface area (Å²) in [7, 11) is 0. The molecule has 0 radical (unpaired) electrons. The molecular formula is C20H20NO4-. The molecule has 25 heavy (non-hydrogen) atoms. The van der Waals surface area contributed by atoms with E-state index >= 15 is 0 Å². The van der Waals surface area contributed by atoms with Gasteiger partial charge in [-0.05, 0) is 49.2 Å². The fourth-order valence-corrected chi connectivity index (χ4v) is 3.19. The minimum Gasteiger partial charge on any atom is -0.550 e. The first-order chi connectivity index (χ1) is 12.1. The van der Waals surface area contributed by atoms with Crippen molar-refractivity contribution in [2.45, 2.75) is 25.7 Å². The second kappa shape index (κ2) is 7.83. The predicted molar refractivity (Wildman–Crippen MR) is 92.0 cm³/mol. The van der Waals surface area contributed by atoms with Crippen molar-refractivity contribution in [1.29, 1.82) is 0 Å². The van der Waals surface area contributed by atoms with Gasteiger partial charge in [0.05, 0.1) is 0 Å². The summed E-state index contributed by atoms with van der Waals surface area (Å²) in [5.74, 6) is -1.22. The van der Waals surface area contributed by atoms with Crippen molar-refractivity contribution in [2.75, 3.05) is 5.32 Å². The third-order valence-electron chi connectivity index (χ3n) is 4.51. The molecule has 1 saturated carbocycles. The molecule has 1 aliphatic carbocycles. The van der Waals surface area contributed by atoms with Crippen LogP contribution in [-0.2, 0) is 9.59 Å². The first-order valence-electron chi connectivity index (χ1n) is 8.48. The van der Waals surface area contributed by atoms with Gasteiger partial charge in [0.2, 0.25) is 5.91 Å². The van der Waals surface area contributed by atoms with E-state index in [9.17, 15) is 14.7 Å². The Morgan fingerprint density at radius 3 is 2.12 bits per heavy atom. The van der Waals surface area contributed by atoms with Crippen LogP contribution in [0.4, 0.5) is 5.69 Å². The summed E-state index contributed by atoms with van der Waals surface area (Å²) in [5, 5.41) is 14.0. The van der Waals surface area contributed by atoms with E-state index in [1.165, 1.54) is 0 Å². The number of hydrogen-bond acceptors (Lipinski definition) is 4. The summed E-state index contributed by atoms with van der Waals surface area (Å²) in [6, 6.07) is 16.4. The van der Waals surface area contributed by atoms with E-state index < -0.39 is 17.8 Å². The van der Waals surface area contributed by atoms with Crippen molar-refractivity contribution >= 4 is 17.6 Å². The zero-order chi connectivity index (χ0) is 17.6. The second-order valence-corrected chi connectivity index (χ2v) is 6.25. The number of amides is 1. The van der Waals surface area contributed by atoms with Gasteiger partial charge in [-0.25, -0.2) is 0 Å². The fraction of sp³-hybridized carbons (Fsp3) is 0.300. The highest BCUT2D eigenvalue weighted by Crippen LogP contribution is 2.31. The molecule has 0 aliphatic heterocycles. The van der Waals surface area contributed by atoms with E-state index in [2.05, 4.69) is 5.32 Å². The minimum atomic E-state index is -1.13. The molecule has 1 aliphatic rings. The summed E-state index contributed by atoms with van der Waals surface area (Å²) < 4.78 is 5.70. The maximum atomic E-state index is 12.4. The molecule has 2 aromatic rings. The third kappa shape index (κ3) is 4.38. The second-order valence-electron chi connectivity index (χ2n) is 6.25. The number of carbonyl (C=O) groups is 2. The Hall–Kier alpha value is -2.82. The summed E-state index contributed by atoms with van der Waals surface area (Å²) in [6.07, 6.45) is 2.78. The molecule has 0 aromatic heterocycles. The third-order valence-corrected chi connectivity index (χ3v) is 4.51. The fourth-order valence-electron chi connectivity index (χ4n) is 3.19. The van der Waals surface area contributed by atoms with Crippen LogP contribution in [-0.4, -0.2) is 11.9 Å². The smallest absolute Gasteiger partial charge is 0.228 e. The van der Waals surface area contributed by atoms with Gasteiger partial charge in [-0.1, -0.05) is 31.0 Å². The lowest BCUT2D eigenvalue weighted by molar-refractivity contribution is -0.313. The van der Waals surface area contributed by atoms with Gasteiger partial charge in [-0.3, -0.25) is 4.79 Å². The Morgan fingerprint density at radius 2 is 1.48 bits per heavy atom. The van der Waals surface area contributed by atoms with Crippen LogP contribution in [0.3, 0.4) is 0 Å². The monoisotopic (exact) mass is 338 g/mol.